The van der Waals surface area contributed by atoms with E-state index in [0.717, 1.165) is 31.9 Å². The predicted octanol–water partition coefficient (Wildman–Crippen LogP) is 1.63. The Labute approximate surface area is 148 Å². The second-order valence-corrected chi connectivity index (χ2v) is 6.68. The number of nitrogens with one attached hydrogen (secondary N) is 1. The fourth-order valence-corrected chi connectivity index (χ4v) is 3.21. The van der Waals surface area contributed by atoms with Crippen LogP contribution in [0.15, 0.2) is 40.9 Å². The summed E-state index contributed by atoms with van der Waals surface area (Å²) in [6, 6.07) is 12.4. The maximum Gasteiger partial charge on any atom is 0.226 e. The van der Waals surface area contributed by atoms with Gasteiger partial charge in [-0.2, -0.15) is 0 Å². The van der Waals surface area contributed by atoms with Crippen LogP contribution in [-0.2, 0) is 11.2 Å². The van der Waals surface area contributed by atoms with Gasteiger partial charge in [-0.25, -0.2) is 0 Å². The van der Waals surface area contributed by atoms with Crippen LogP contribution in [0.3, 0.4) is 0 Å². The van der Waals surface area contributed by atoms with Crippen molar-refractivity contribution in [3.8, 4) is 0 Å². The van der Waals surface area contributed by atoms with E-state index in [1.807, 2.05) is 13.0 Å². The molecule has 1 atom stereocenters. The van der Waals surface area contributed by atoms with Crippen molar-refractivity contribution in [2.45, 2.75) is 19.4 Å². The Morgan fingerprint density at radius 1 is 1.24 bits per heavy atom. The molecule has 0 saturated carbocycles. The predicted molar refractivity (Wildman–Crippen MR) is 96.2 cm³/mol. The molecule has 0 radical (unpaired) electrons. The minimum absolute atomic E-state index is 0.0247. The van der Waals surface area contributed by atoms with Crippen LogP contribution < -0.4 is 5.32 Å². The van der Waals surface area contributed by atoms with Crippen LogP contribution in [0.5, 0.6) is 0 Å². The number of hydrogen-bond donors (Lipinski definition) is 1. The summed E-state index contributed by atoms with van der Waals surface area (Å²) in [5.41, 5.74) is 1.91. The van der Waals surface area contributed by atoms with Gasteiger partial charge in [-0.05, 0) is 19.5 Å². The third kappa shape index (κ3) is 4.90. The number of carbonyl (C=O) groups is 1. The van der Waals surface area contributed by atoms with E-state index in [1.165, 1.54) is 5.56 Å². The highest BCUT2D eigenvalue weighted by molar-refractivity contribution is 5.78. The van der Waals surface area contributed by atoms with E-state index in [0.29, 0.717) is 12.2 Å². The highest BCUT2D eigenvalue weighted by atomic mass is 16.5. The Morgan fingerprint density at radius 3 is 2.60 bits per heavy atom. The summed E-state index contributed by atoms with van der Waals surface area (Å²) in [5.74, 6) is 0.700. The molecule has 0 spiro atoms. The molecule has 134 valence electrons. The molecule has 1 aromatic carbocycles. The number of nitrogens with zero attached hydrogens (tertiary/aromatic N) is 3. The second-order valence-electron chi connectivity index (χ2n) is 6.68. The van der Waals surface area contributed by atoms with Crippen molar-refractivity contribution in [2.24, 2.45) is 0 Å². The van der Waals surface area contributed by atoms with Gasteiger partial charge in [0, 0.05) is 38.8 Å². The molecule has 0 bridgehead atoms. The molecular weight excluding hydrogens is 316 g/mol. The topological polar surface area (TPSA) is 61.6 Å². The zero-order chi connectivity index (χ0) is 17.6. The number of carbonyl (C=O) groups excluding carboxylic acids is 1. The van der Waals surface area contributed by atoms with Crippen LogP contribution in [0.1, 0.15) is 23.1 Å². The Bertz CT molecular complexity index is 678. The first-order valence-electron chi connectivity index (χ1n) is 8.78. The third-order valence-corrected chi connectivity index (χ3v) is 4.67. The van der Waals surface area contributed by atoms with E-state index in [2.05, 4.69) is 51.6 Å². The van der Waals surface area contributed by atoms with Crippen molar-refractivity contribution in [2.75, 3.05) is 39.8 Å². The van der Waals surface area contributed by atoms with Crippen molar-refractivity contribution in [1.82, 2.24) is 20.3 Å². The molecule has 1 aliphatic rings. The Balaban J connectivity index is 1.62. The number of likely N-dealkylation sites (N-methyl/N-ethyl adjacent to an activating group) is 1. The zero-order valence-electron chi connectivity index (χ0n) is 14.9. The first-order valence-corrected chi connectivity index (χ1v) is 8.78. The zero-order valence-corrected chi connectivity index (χ0v) is 14.9. The molecule has 0 aliphatic carbocycles. The lowest BCUT2D eigenvalue weighted by atomic mass is 10.0. The van der Waals surface area contributed by atoms with E-state index < -0.39 is 0 Å². The largest absolute Gasteiger partial charge is 0.361 e. The standard InChI is InChI=1S/C19H26N4O2/c1-15-12-17(21-25-15)13-19(24)20-14-18(16-6-4-3-5-7-16)23-10-8-22(2)9-11-23/h3-7,12,18H,8-11,13-14H2,1-2H3,(H,20,24). The van der Waals surface area contributed by atoms with Gasteiger partial charge in [0.05, 0.1) is 18.2 Å². The van der Waals surface area contributed by atoms with Gasteiger partial charge in [-0.3, -0.25) is 9.69 Å². The Hall–Kier alpha value is -2.18. The van der Waals surface area contributed by atoms with E-state index in [9.17, 15) is 4.79 Å². The van der Waals surface area contributed by atoms with Gasteiger partial charge in [0.1, 0.15) is 5.76 Å². The van der Waals surface area contributed by atoms with E-state index in [-0.39, 0.29) is 18.4 Å². The normalized spacial score (nSPS) is 17.4. The van der Waals surface area contributed by atoms with Crippen molar-refractivity contribution in [3.63, 3.8) is 0 Å². The van der Waals surface area contributed by atoms with E-state index in [1.54, 1.807) is 6.07 Å². The number of benzene rings is 1. The van der Waals surface area contributed by atoms with Crippen LogP contribution in [-0.4, -0.2) is 60.6 Å². The average molecular weight is 342 g/mol. The van der Waals surface area contributed by atoms with Crippen molar-refractivity contribution in [3.05, 3.63) is 53.4 Å². The smallest absolute Gasteiger partial charge is 0.226 e. The monoisotopic (exact) mass is 342 g/mol. The van der Waals surface area contributed by atoms with E-state index in [4.69, 9.17) is 4.52 Å². The first kappa shape index (κ1) is 17.6. The Kier molecular flexibility index (Phi) is 5.83. The molecule has 1 fully saturated rings. The van der Waals surface area contributed by atoms with Gasteiger partial charge >= 0.3 is 0 Å². The summed E-state index contributed by atoms with van der Waals surface area (Å²) in [6.07, 6.45) is 0.252. The lowest BCUT2D eigenvalue weighted by Gasteiger charge is -2.38. The first-order chi connectivity index (χ1) is 12.1. The van der Waals surface area contributed by atoms with Crippen LogP contribution in [0, 0.1) is 6.92 Å². The van der Waals surface area contributed by atoms with Crippen molar-refractivity contribution >= 4 is 5.91 Å². The number of piperazine rings is 1. The number of rotatable bonds is 6. The molecule has 1 saturated heterocycles. The number of aromatic nitrogens is 1. The average Bonchev–Trinajstić information content (AvgIpc) is 3.02. The van der Waals surface area contributed by atoms with Crippen LogP contribution in [0.4, 0.5) is 0 Å². The molecule has 6 nitrogen and oxygen atoms in total. The van der Waals surface area contributed by atoms with Gasteiger partial charge in [0.25, 0.3) is 0 Å². The summed E-state index contributed by atoms with van der Waals surface area (Å²) in [6.45, 7) is 6.55. The fourth-order valence-electron chi connectivity index (χ4n) is 3.21. The summed E-state index contributed by atoms with van der Waals surface area (Å²) in [4.78, 5) is 17.1. The lowest BCUT2D eigenvalue weighted by molar-refractivity contribution is -0.120. The number of aryl methyl sites for hydroxylation is 1. The minimum Gasteiger partial charge on any atom is -0.361 e. The molecule has 3 rings (SSSR count). The van der Waals surface area contributed by atoms with Crippen molar-refractivity contribution < 1.29 is 9.32 Å². The summed E-state index contributed by atoms with van der Waals surface area (Å²) < 4.78 is 5.02. The molecule has 25 heavy (non-hydrogen) atoms. The highest BCUT2D eigenvalue weighted by Crippen LogP contribution is 2.21. The van der Waals surface area contributed by atoms with Crippen LogP contribution in [0.2, 0.25) is 0 Å². The molecular formula is C19H26N4O2. The second kappa shape index (κ2) is 8.27. The molecule has 1 unspecified atom stereocenters. The summed E-state index contributed by atoms with van der Waals surface area (Å²) >= 11 is 0. The molecule has 2 heterocycles. The highest BCUT2D eigenvalue weighted by Gasteiger charge is 2.24. The van der Waals surface area contributed by atoms with Gasteiger partial charge in [0.15, 0.2) is 0 Å². The van der Waals surface area contributed by atoms with Gasteiger partial charge in [0.2, 0.25) is 5.91 Å². The SMILES string of the molecule is Cc1cc(CC(=O)NCC(c2ccccc2)N2CCN(C)CC2)no1. The Morgan fingerprint density at radius 2 is 1.96 bits per heavy atom. The quantitative estimate of drug-likeness (QED) is 0.865. The molecule has 2 aromatic rings. The van der Waals surface area contributed by atoms with Crippen molar-refractivity contribution in [1.29, 1.82) is 0 Å². The molecule has 1 aromatic heterocycles. The van der Waals surface area contributed by atoms with Crippen LogP contribution >= 0.6 is 0 Å². The molecule has 1 N–H and O–H groups in total. The third-order valence-electron chi connectivity index (χ3n) is 4.67. The van der Waals surface area contributed by atoms with Gasteiger partial charge in [-0.1, -0.05) is 35.5 Å². The van der Waals surface area contributed by atoms with Gasteiger partial charge in [-0.15, -0.1) is 0 Å². The van der Waals surface area contributed by atoms with E-state index >= 15 is 0 Å². The van der Waals surface area contributed by atoms with Gasteiger partial charge < -0.3 is 14.7 Å². The molecule has 1 aliphatic heterocycles. The number of hydrogen-bond acceptors (Lipinski definition) is 5. The summed E-state index contributed by atoms with van der Waals surface area (Å²) in [7, 11) is 2.15. The maximum atomic E-state index is 12.3. The summed E-state index contributed by atoms with van der Waals surface area (Å²) in [5, 5.41) is 6.96. The molecule has 1 amide bonds. The molecule has 6 heteroatoms. The van der Waals surface area contributed by atoms with Crippen LogP contribution in [0.25, 0.3) is 0 Å². The minimum atomic E-state index is -0.0247. The lowest BCUT2D eigenvalue weighted by Crippen LogP contribution is -2.48. The maximum absolute atomic E-state index is 12.3. The fraction of sp³-hybridized carbons (Fsp3) is 0.474. The number of amides is 1.